The fourth-order valence-corrected chi connectivity index (χ4v) is 4.78. The molecule has 1 N–H and O–H groups in total. The first-order chi connectivity index (χ1) is 16.6. The fraction of sp³-hybridized carbons (Fsp3) is 0.500. The maximum absolute atomic E-state index is 13.1. The standard InChI is InChI=1S/C24H29ClN6O3/c1-2-33-12-9-31-15-19-22(21-18-14-17(25)4-3-16(18)13-20(21)32)27-24(28-23(19)29-31)26-5-6-30-7-10-34-11-8-30/h3-4,14-15,21H,2,5-13H2,1H3,(H,26,28,29). The molecule has 1 fully saturated rings. The molecule has 1 aromatic carbocycles. The molecule has 2 aliphatic rings. The van der Waals surface area contributed by atoms with E-state index in [-0.39, 0.29) is 5.78 Å². The maximum atomic E-state index is 13.1. The molecule has 3 aromatic rings. The van der Waals surface area contributed by atoms with Crippen molar-refractivity contribution in [1.82, 2.24) is 24.6 Å². The quantitative estimate of drug-likeness (QED) is 0.463. The lowest BCUT2D eigenvalue weighted by atomic mass is 9.95. The zero-order valence-corrected chi connectivity index (χ0v) is 20.1. The Morgan fingerprint density at radius 3 is 2.91 bits per heavy atom. The largest absolute Gasteiger partial charge is 0.380 e. The molecule has 10 heteroatoms. The predicted molar refractivity (Wildman–Crippen MR) is 130 cm³/mol. The third kappa shape index (κ3) is 4.93. The van der Waals surface area contributed by atoms with E-state index in [1.165, 1.54) is 0 Å². The first-order valence-electron chi connectivity index (χ1n) is 11.8. The summed E-state index contributed by atoms with van der Waals surface area (Å²) in [5.74, 6) is 0.108. The third-order valence-corrected chi connectivity index (χ3v) is 6.55. The van der Waals surface area contributed by atoms with Crippen molar-refractivity contribution >= 4 is 34.4 Å². The SMILES string of the molecule is CCOCCn1cc2c(C3C(=O)Cc4ccc(Cl)cc43)nc(NCCN3CCOCC3)nc2n1. The molecule has 9 nitrogen and oxygen atoms in total. The highest BCUT2D eigenvalue weighted by molar-refractivity contribution is 6.30. The topological polar surface area (TPSA) is 94.4 Å². The Morgan fingerprint density at radius 2 is 2.09 bits per heavy atom. The van der Waals surface area contributed by atoms with E-state index < -0.39 is 5.92 Å². The number of nitrogens with one attached hydrogen (secondary N) is 1. The van der Waals surface area contributed by atoms with Crippen LogP contribution in [0.3, 0.4) is 0 Å². The van der Waals surface area contributed by atoms with Gasteiger partial charge >= 0.3 is 0 Å². The van der Waals surface area contributed by atoms with Gasteiger partial charge in [-0.1, -0.05) is 17.7 Å². The van der Waals surface area contributed by atoms with E-state index in [2.05, 4.69) is 20.3 Å². The summed E-state index contributed by atoms with van der Waals surface area (Å²) in [7, 11) is 0. The summed E-state index contributed by atoms with van der Waals surface area (Å²) in [5.41, 5.74) is 3.15. The number of fused-ring (bicyclic) bond motifs is 2. The van der Waals surface area contributed by atoms with Crippen LogP contribution in [0.5, 0.6) is 0 Å². The van der Waals surface area contributed by atoms with Gasteiger partial charge in [-0.05, 0) is 30.2 Å². The molecule has 34 heavy (non-hydrogen) atoms. The summed E-state index contributed by atoms with van der Waals surface area (Å²) < 4.78 is 12.7. The maximum Gasteiger partial charge on any atom is 0.225 e. The molecule has 180 valence electrons. The number of ketones is 1. The van der Waals surface area contributed by atoms with E-state index >= 15 is 0 Å². The van der Waals surface area contributed by atoms with E-state index in [0.717, 1.165) is 49.4 Å². The summed E-state index contributed by atoms with van der Waals surface area (Å²) in [5, 5.41) is 9.39. The van der Waals surface area contributed by atoms with Gasteiger partial charge in [0.25, 0.3) is 0 Å². The molecular formula is C24H29ClN6O3. The molecule has 1 atom stereocenters. The van der Waals surface area contributed by atoms with Gasteiger partial charge in [-0.15, -0.1) is 0 Å². The summed E-state index contributed by atoms with van der Waals surface area (Å²) in [6, 6.07) is 5.64. The molecule has 1 aliphatic carbocycles. The van der Waals surface area contributed by atoms with Gasteiger partial charge in [0.05, 0.1) is 43.4 Å². The van der Waals surface area contributed by atoms with Crippen LogP contribution < -0.4 is 5.32 Å². The number of nitrogens with zero attached hydrogens (tertiary/aromatic N) is 5. The normalized spacial score (nSPS) is 18.5. The smallest absolute Gasteiger partial charge is 0.225 e. The molecule has 5 rings (SSSR count). The monoisotopic (exact) mass is 484 g/mol. The highest BCUT2D eigenvalue weighted by atomic mass is 35.5. The zero-order chi connectivity index (χ0) is 23.5. The van der Waals surface area contributed by atoms with Gasteiger partial charge in [0, 0.05) is 50.4 Å². The van der Waals surface area contributed by atoms with E-state index in [4.69, 9.17) is 26.1 Å². The number of benzene rings is 1. The molecular weight excluding hydrogens is 456 g/mol. The summed E-state index contributed by atoms with van der Waals surface area (Å²) >= 11 is 6.29. The number of ether oxygens (including phenoxy) is 2. The lowest BCUT2D eigenvalue weighted by Gasteiger charge is -2.26. The van der Waals surface area contributed by atoms with Gasteiger partial charge in [0.1, 0.15) is 0 Å². The van der Waals surface area contributed by atoms with Crippen molar-refractivity contribution in [2.24, 2.45) is 0 Å². The number of Topliss-reactive ketones (excluding diaryl/α,β-unsaturated/α-hetero) is 1. The number of halogens is 1. The van der Waals surface area contributed by atoms with E-state index in [1.54, 1.807) is 0 Å². The second-order valence-corrected chi connectivity index (χ2v) is 9.00. The van der Waals surface area contributed by atoms with Crippen LogP contribution in [0.1, 0.15) is 29.7 Å². The lowest BCUT2D eigenvalue weighted by molar-refractivity contribution is -0.118. The van der Waals surface area contributed by atoms with Crippen molar-refractivity contribution in [2.75, 3.05) is 57.9 Å². The number of hydrogen-bond donors (Lipinski definition) is 1. The van der Waals surface area contributed by atoms with Gasteiger partial charge < -0.3 is 14.8 Å². The van der Waals surface area contributed by atoms with Crippen molar-refractivity contribution in [3.63, 3.8) is 0 Å². The Balaban J connectivity index is 1.47. The Kier molecular flexibility index (Phi) is 7.05. The number of anilines is 1. The molecule has 0 bridgehead atoms. The van der Waals surface area contributed by atoms with Gasteiger partial charge in [0.15, 0.2) is 11.4 Å². The Bertz CT molecular complexity index is 1180. The lowest BCUT2D eigenvalue weighted by Crippen LogP contribution is -2.39. The number of carbonyl (C=O) groups excluding carboxylic acids is 1. The van der Waals surface area contributed by atoms with Crippen molar-refractivity contribution in [1.29, 1.82) is 0 Å². The van der Waals surface area contributed by atoms with Crippen molar-refractivity contribution in [3.8, 4) is 0 Å². The van der Waals surface area contributed by atoms with Crippen LogP contribution in [0.15, 0.2) is 24.4 Å². The molecule has 1 unspecified atom stereocenters. The number of morpholine rings is 1. The first kappa shape index (κ1) is 23.2. The minimum absolute atomic E-state index is 0.110. The Morgan fingerprint density at radius 1 is 1.24 bits per heavy atom. The van der Waals surface area contributed by atoms with Crippen LogP contribution in [0, 0.1) is 0 Å². The van der Waals surface area contributed by atoms with Crippen LogP contribution in [0.4, 0.5) is 5.95 Å². The van der Waals surface area contributed by atoms with Crippen LogP contribution in [-0.4, -0.2) is 83.0 Å². The average Bonchev–Trinajstić information content (AvgIpc) is 3.39. The van der Waals surface area contributed by atoms with Crippen LogP contribution in [0.2, 0.25) is 5.02 Å². The number of carbonyl (C=O) groups is 1. The second kappa shape index (κ2) is 10.4. The minimum Gasteiger partial charge on any atom is -0.380 e. The van der Waals surface area contributed by atoms with Crippen LogP contribution in [-0.2, 0) is 27.2 Å². The molecule has 2 aromatic heterocycles. The minimum atomic E-state index is -0.483. The third-order valence-electron chi connectivity index (χ3n) is 6.32. The van der Waals surface area contributed by atoms with Crippen LogP contribution in [0.25, 0.3) is 11.0 Å². The van der Waals surface area contributed by atoms with Crippen molar-refractivity contribution < 1.29 is 14.3 Å². The Labute approximate surface area is 203 Å². The Hall–Kier alpha value is -2.59. The summed E-state index contributed by atoms with van der Waals surface area (Å²) in [4.78, 5) is 25.0. The first-order valence-corrected chi connectivity index (χ1v) is 12.2. The second-order valence-electron chi connectivity index (χ2n) is 8.56. The molecule has 0 amide bonds. The zero-order valence-electron chi connectivity index (χ0n) is 19.3. The fourth-order valence-electron chi connectivity index (χ4n) is 4.60. The van der Waals surface area contributed by atoms with Crippen molar-refractivity contribution in [2.45, 2.75) is 25.8 Å². The van der Waals surface area contributed by atoms with E-state index in [1.807, 2.05) is 36.0 Å². The van der Waals surface area contributed by atoms with Gasteiger partial charge in [-0.25, -0.2) is 4.98 Å². The average molecular weight is 485 g/mol. The van der Waals surface area contributed by atoms with Gasteiger partial charge in [-0.2, -0.15) is 10.1 Å². The van der Waals surface area contributed by atoms with Gasteiger partial charge in [-0.3, -0.25) is 14.4 Å². The number of aromatic nitrogens is 4. The van der Waals surface area contributed by atoms with E-state index in [0.29, 0.717) is 55.0 Å². The highest BCUT2D eigenvalue weighted by Crippen LogP contribution is 2.39. The summed E-state index contributed by atoms with van der Waals surface area (Å²) in [6.07, 6.45) is 2.29. The van der Waals surface area contributed by atoms with Gasteiger partial charge in [0.2, 0.25) is 5.95 Å². The number of rotatable bonds is 9. The molecule has 0 spiro atoms. The summed E-state index contributed by atoms with van der Waals surface area (Å²) in [6.45, 7) is 8.69. The van der Waals surface area contributed by atoms with E-state index in [9.17, 15) is 4.79 Å². The van der Waals surface area contributed by atoms with Crippen LogP contribution >= 0.6 is 11.6 Å². The molecule has 0 radical (unpaired) electrons. The molecule has 3 heterocycles. The predicted octanol–water partition coefficient (Wildman–Crippen LogP) is 2.52. The van der Waals surface area contributed by atoms with Crippen molar-refractivity contribution in [3.05, 3.63) is 46.2 Å². The molecule has 1 saturated heterocycles. The molecule has 0 saturated carbocycles. The highest BCUT2D eigenvalue weighted by Gasteiger charge is 2.35. The number of hydrogen-bond acceptors (Lipinski definition) is 8. The molecule has 1 aliphatic heterocycles.